The maximum Gasteiger partial charge on any atom is 0.417 e. The van der Waals surface area contributed by atoms with E-state index in [0.717, 1.165) is 12.3 Å². The number of nitrogens with zero attached hydrogens (tertiary/aromatic N) is 5. The number of nitrogen functional groups attached to an aromatic ring is 1. The molecule has 3 rings (SSSR count). The zero-order valence-corrected chi connectivity index (χ0v) is 12.2. The van der Waals surface area contributed by atoms with Gasteiger partial charge in [0.05, 0.1) is 11.3 Å². The Labute approximate surface area is 130 Å². The standard InChI is InChI=1S/C14H15F3N6/c15-14(16,17)10-8-11(12(18)21-9-10)22-4-6-23(7-5-22)13-19-2-1-3-20-13/h1-3,8-9H,4-7H2,(H2,18,21). The topological polar surface area (TPSA) is 71.2 Å². The van der Waals surface area contributed by atoms with Crippen molar-refractivity contribution in [2.24, 2.45) is 0 Å². The fourth-order valence-electron chi connectivity index (χ4n) is 2.47. The predicted octanol–water partition coefficient (Wildman–Crippen LogP) is 1.80. The number of hydrogen-bond donors (Lipinski definition) is 1. The number of halogens is 3. The van der Waals surface area contributed by atoms with Gasteiger partial charge < -0.3 is 15.5 Å². The number of anilines is 3. The molecule has 0 unspecified atom stereocenters. The summed E-state index contributed by atoms with van der Waals surface area (Å²) in [5, 5.41) is 0. The highest BCUT2D eigenvalue weighted by Gasteiger charge is 2.32. The molecule has 0 spiro atoms. The molecule has 1 aliphatic rings. The zero-order valence-electron chi connectivity index (χ0n) is 12.2. The van der Waals surface area contributed by atoms with E-state index in [2.05, 4.69) is 15.0 Å². The van der Waals surface area contributed by atoms with Crippen LogP contribution in [0, 0.1) is 0 Å². The van der Waals surface area contributed by atoms with E-state index in [4.69, 9.17) is 5.73 Å². The Morgan fingerprint density at radius 2 is 1.57 bits per heavy atom. The monoisotopic (exact) mass is 324 g/mol. The SMILES string of the molecule is Nc1ncc(C(F)(F)F)cc1N1CCN(c2ncccn2)CC1. The molecular weight excluding hydrogens is 309 g/mol. The van der Waals surface area contributed by atoms with Crippen LogP contribution in [0.2, 0.25) is 0 Å². The average molecular weight is 324 g/mol. The van der Waals surface area contributed by atoms with Crippen molar-refractivity contribution in [1.29, 1.82) is 0 Å². The number of aromatic nitrogens is 3. The summed E-state index contributed by atoms with van der Waals surface area (Å²) < 4.78 is 38.5. The van der Waals surface area contributed by atoms with Crippen LogP contribution in [0.25, 0.3) is 0 Å². The molecule has 1 saturated heterocycles. The molecule has 23 heavy (non-hydrogen) atoms. The lowest BCUT2D eigenvalue weighted by Gasteiger charge is -2.36. The van der Waals surface area contributed by atoms with Gasteiger partial charge in [-0.05, 0) is 12.1 Å². The van der Waals surface area contributed by atoms with Gasteiger partial charge in [-0.3, -0.25) is 0 Å². The molecule has 2 N–H and O–H groups in total. The van der Waals surface area contributed by atoms with Gasteiger partial charge in [-0.2, -0.15) is 13.2 Å². The van der Waals surface area contributed by atoms with Crippen molar-refractivity contribution in [3.05, 3.63) is 36.3 Å². The molecule has 0 amide bonds. The molecule has 0 atom stereocenters. The Morgan fingerprint density at radius 3 is 2.17 bits per heavy atom. The summed E-state index contributed by atoms with van der Waals surface area (Å²) in [6.45, 7) is 2.23. The van der Waals surface area contributed by atoms with Crippen molar-refractivity contribution in [3.63, 3.8) is 0 Å². The van der Waals surface area contributed by atoms with Crippen LogP contribution < -0.4 is 15.5 Å². The highest BCUT2D eigenvalue weighted by atomic mass is 19.4. The van der Waals surface area contributed by atoms with Gasteiger partial charge in [0.15, 0.2) is 0 Å². The van der Waals surface area contributed by atoms with Crippen LogP contribution in [0.4, 0.5) is 30.6 Å². The summed E-state index contributed by atoms with van der Waals surface area (Å²) in [4.78, 5) is 15.8. The molecule has 6 nitrogen and oxygen atoms in total. The Balaban J connectivity index is 1.75. The Hall–Kier alpha value is -2.58. The number of alkyl halides is 3. The van der Waals surface area contributed by atoms with E-state index in [1.807, 2.05) is 4.90 Å². The molecule has 9 heteroatoms. The van der Waals surface area contributed by atoms with E-state index in [-0.39, 0.29) is 5.82 Å². The Morgan fingerprint density at radius 1 is 0.957 bits per heavy atom. The highest BCUT2D eigenvalue weighted by Crippen LogP contribution is 2.33. The first-order chi connectivity index (χ1) is 10.9. The molecule has 2 aromatic rings. The van der Waals surface area contributed by atoms with Crippen LogP contribution in [-0.2, 0) is 6.18 Å². The summed E-state index contributed by atoms with van der Waals surface area (Å²) in [5.41, 5.74) is 5.27. The summed E-state index contributed by atoms with van der Waals surface area (Å²) in [5.74, 6) is 0.713. The zero-order chi connectivity index (χ0) is 16.4. The average Bonchev–Trinajstić information content (AvgIpc) is 2.55. The second kappa shape index (κ2) is 5.90. The smallest absolute Gasteiger partial charge is 0.382 e. The third kappa shape index (κ3) is 3.27. The molecule has 0 aromatic carbocycles. The highest BCUT2D eigenvalue weighted by molar-refractivity contribution is 5.65. The lowest BCUT2D eigenvalue weighted by atomic mass is 10.2. The number of rotatable bonds is 2. The van der Waals surface area contributed by atoms with Gasteiger partial charge in [0, 0.05) is 44.8 Å². The molecule has 1 aliphatic heterocycles. The minimum absolute atomic E-state index is 0.0995. The molecule has 2 aromatic heterocycles. The number of hydrogen-bond acceptors (Lipinski definition) is 6. The van der Waals surface area contributed by atoms with Crippen molar-refractivity contribution in [2.45, 2.75) is 6.18 Å². The van der Waals surface area contributed by atoms with Crippen molar-refractivity contribution >= 4 is 17.5 Å². The van der Waals surface area contributed by atoms with Crippen molar-refractivity contribution < 1.29 is 13.2 Å². The van der Waals surface area contributed by atoms with Gasteiger partial charge in [0.1, 0.15) is 5.82 Å². The minimum atomic E-state index is -4.44. The number of nitrogens with two attached hydrogens (primary N) is 1. The summed E-state index contributed by atoms with van der Waals surface area (Å²) in [7, 11) is 0. The summed E-state index contributed by atoms with van der Waals surface area (Å²) in [6.07, 6.45) is -0.366. The largest absolute Gasteiger partial charge is 0.417 e. The number of piperazine rings is 1. The van der Waals surface area contributed by atoms with Crippen LogP contribution in [0.5, 0.6) is 0 Å². The third-order valence-corrected chi connectivity index (χ3v) is 3.68. The summed E-state index contributed by atoms with van der Waals surface area (Å²) in [6, 6.07) is 2.78. The van der Waals surface area contributed by atoms with E-state index in [1.54, 1.807) is 23.4 Å². The molecular formula is C14H15F3N6. The quantitative estimate of drug-likeness (QED) is 0.908. The van der Waals surface area contributed by atoms with E-state index < -0.39 is 11.7 Å². The second-order valence-electron chi connectivity index (χ2n) is 5.15. The lowest BCUT2D eigenvalue weighted by molar-refractivity contribution is -0.137. The van der Waals surface area contributed by atoms with Crippen LogP contribution >= 0.6 is 0 Å². The Kier molecular flexibility index (Phi) is 3.93. The van der Waals surface area contributed by atoms with Crippen LogP contribution in [0.15, 0.2) is 30.7 Å². The normalized spacial score (nSPS) is 15.8. The molecule has 0 saturated carbocycles. The molecule has 122 valence electrons. The van der Waals surface area contributed by atoms with Gasteiger partial charge >= 0.3 is 6.18 Å². The number of pyridine rings is 1. The van der Waals surface area contributed by atoms with Gasteiger partial charge in [0.2, 0.25) is 5.95 Å². The van der Waals surface area contributed by atoms with Gasteiger partial charge in [-0.15, -0.1) is 0 Å². The Bertz CT molecular complexity index is 668. The molecule has 0 aliphatic carbocycles. The van der Waals surface area contributed by atoms with E-state index in [9.17, 15) is 13.2 Å². The lowest BCUT2D eigenvalue weighted by Crippen LogP contribution is -2.47. The first kappa shape index (κ1) is 15.3. The molecule has 3 heterocycles. The van der Waals surface area contributed by atoms with E-state index >= 15 is 0 Å². The first-order valence-corrected chi connectivity index (χ1v) is 7.05. The van der Waals surface area contributed by atoms with E-state index in [0.29, 0.717) is 37.8 Å². The van der Waals surface area contributed by atoms with Gasteiger partial charge in [0.25, 0.3) is 0 Å². The first-order valence-electron chi connectivity index (χ1n) is 7.05. The van der Waals surface area contributed by atoms with Crippen LogP contribution in [0.3, 0.4) is 0 Å². The van der Waals surface area contributed by atoms with Crippen LogP contribution in [0.1, 0.15) is 5.56 Å². The fraction of sp³-hybridized carbons (Fsp3) is 0.357. The van der Waals surface area contributed by atoms with Crippen molar-refractivity contribution in [3.8, 4) is 0 Å². The minimum Gasteiger partial charge on any atom is -0.382 e. The van der Waals surface area contributed by atoms with E-state index in [1.165, 1.54) is 0 Å². The summed E-state index contributed by atoms with van der Waals surface area (Å²) >= 11 is 0. The van der Waals surface area contributed by atoms with Gasteiger partial charge in [-0.1, -0.05) is 0 Å². The van der Waals surface area contributed by atoms with Crippen molar-refractivity contribution in [2.75, 3.05) is 41.7 Å². The maximum absolute atomic E-state index is 12.8. The molecule has 0 bridgehead atoms. The van der Waals surface area contributed by atoms with Crippen molar-refractivity contribution in [1.82, 2.24) is 15.0 Å². The third-order valence-electron chi connectivity index (χ3n) is 3.68. The fourth-order valence-corrected chi connectivity index (χ4v) is 2.47. The second-order valence-corrected chi connectivity index (χ2v) is 5.15. The molecule has 0 radical (unpaired) electrons. The predicted molar refractivity (Wildman–Crippen MR) is 80.1 cm³/mol. The maximum atomic E-state index is 12.8. The molecule has 1 fully saturated rings. The van der Waals surface area contributed by atoms with Crippen LogP contribution in [-0.4, -0.2) is 41.1 Å². The van der Waals surface area contributed by atoms with Gasteiger partial charge in [-0.25, -0.2) is 15.0 Å².